The molecule has 0 aliphatic carbocycles. The first-order chi connectivity index (χ1) is 10.8. The van der Waals surface area contributed by atoms with E-state index >= 15 is 0 Å². The van der Waals surface area contributed by atoms with Gasteiger partial charge in [0.25, 0.3) is 5.56 Å². The average molecular weight is 317 g/mol. The fourth-order valence-electron chi connectivity index (χ4n) is 2.34. The molecular formula is C17H19NO5. The molecule has 0 fully saturated rings. The van der Waals surface area contributed by atoms with Crippen LogP contribution in [0.2, 0.25) is 0 Å². The molecule has 1 unspecified atom stereocenters. The summed E-state index contributed by atoms with van der Waals surface area (Å²) < 4.78 is 1.19. The Bertz CT molecular complexity index is 794. The van der Waals surface area contributed by atoms with Crippen LogP contribution in [0.25, 0.3) is 11.3 Å². The normalized spacial score (nSPS) is 12.2. The van der Waals surface area contributed by atoms with Crippen molar-refractivity contribution in [3.05, 3.63) is 57.4 Å². The maximum Gasteiger partial charge on any atom is 0.341 e. The molecule has 0 bridgehead atoms. The lowest BCUT2D eigenvalue weighted by Crippen LogP contribution is -2.32. The van der Waals surface area contributed by atoms with E-state index in [1.165, 1.54) is 10.6 Å². The van der Waals surface area contributed by atoms with Crippen molar-refractivity contribution in [2.45, 2.75) is 26.5 Å². The number of carboxylic acids is 1. The second kappa shape index (κ2) is 6.76. The van der Waals surface area contributed by atoms with Crippen molar-refractivity contribution in [2.75, 3.05) is 6.61 Å². The highest BCUT2D eigenvalue weighted by Crippen LogP contribution is 2.22. The van der Waals surface area contributed by atoms with Gasteiger partial charge in [0.15, 0.2) is 0 Å². The van der Waals surface area contributed by atoms with Crippen LogP contribution in [-0.2, 0) is 6.54 Å². The van der Waals surface area contributed by atoms with Gasteiger partial charge in [-0.2, -0.15) is 0 Å². The second-order valence-corrected chi connectivity index (χ2v) is 5.49. The average Bonchev–Trinajstić information content (AvgIpc) is 2.51. The summed E-state index contributed by atoms with van der Waals surface area (Å²) in [5.74, 6) is -1.33. The van der Waals surface area contributed by atoms with E-state index in [-0.39, 0.29) is 12.1 Å². The number of aromatic nitrogens is 1. The number of aromatic carboxylic acids is 1. The van der Waals surface area contributed by atoms with Crippen molar-refractivity contribution in [3.63, 3.8) is 0 Å². The van der Waals surface area contributed by atoms with E-state index < -0.39 is 24.2 Å². The molecule has 122 valence electrons. The Morgan fingerprint density at radius 2 is 1.87 bits per heavy atom. The molecule has 0 saturated heterocycles. The van der Waals surface area contributed by atoms with E-state index in [4.69, 9.17) is 10.2 Å². The van der Waals surface area contributed by atoms with E-state index in [1.54, 1.807) is 6.07 Å². The fraction of sp³-hybridized carbons (Fsp3) is 0.294. The Balaban J connectivity index is 2.66. The van der Waals surface area contributed by atoms with Crippen LogP contribution in [-0.4, -0.2) is 38.6 Å². The minimum Gasteiger partial charge on any atom is -0.477 e. The molecule has 0 spiro atoms. The van der Waals surface area contributed by atoms with E-state index in [9.17, 15) is 14.7 Å². The molecule has 3 N–H and O–H groups in total. The van der Waals surface area contributed by atoms with Crippen molar-refractivity contribution < 1.29 is 20.1 Å². The summed E-state index contributed by atoms with van der Waals surface area (Å²) in [4.78, 5) is 23.5. The summed E-state index contributed by atoms with van der Waals surface area (Å²) >= 11 is 0. The Morgan fingerprint density at radius 1 is 1.17 bits per heavy atom. The van der Waals surface area contributed by atoms with Crippen LogP contribution < -0.4 is 5.56 Å². The minimum atomic E-state index is -1.33. The van der Waals surface area contributed by atoms with Crippen LogP contribution in [0.1, 0.15) is 21.5 Å². The molecule has 0 saturated carbocycles. The van der Waals surface area contributed by atoms with Crippen molar-refractivity contribution in [3.8, 4) is 11.3 Å². The monoisotopic (exact) mass is 317 g/mol. The Hall–Kier alpha value is -2.44. The van der Waals surface area contributed by atoms with Gasteiger partial charge in [0, 0.05) is 0 Å². The third-order valence-electron chi connectivity index (χ3n) is 3.81. The summed E-state index contributed by atoms with van der Waals surface area (Å²) in [6.07, 6.45) is -1.15. The van der Waals surface area contributed by atoms with Gasteiger partial charge in [0.2, 0.25) is 0 Å². The molecule has 2 aromatic rings. The van der Waals surface area contributed by atoms with Gasteiger partial charge < -0.3 is 19.9 Å². The van der Waals surface area contributed by atoms with Crippen molar-refractivity contribution >= 4 is 5.97 Å². The van der Waals surface area contributed by atoms with Gasteiger partial charge in [-0.3, -0.25) is 4.79 Å². The van der Waals surface area contributed by atoms with Gasteiger partial charge in [-0.25, -0.2) is 4.79 Å². The number of aliphatic hydroxyl groups is 2. The molecule has 0 radical (unpaired) electrons. The smallest absolute Gasteiger partial charge is 0.341 e. The first kappa shape index (κ1) is 16.9. The van der Waals surface area contributed by atoms with Gasteiger partial charge in [0.1, 0.15) is 5.56 Å². The predicted molar refractivity (Wildman–Crippen MR) is 85.7 cm³/mol. The Morgan fingerprint density at radius 3 is 2.43 bits per heavy atom. The third kappa shape index (κ3) is 3.49. The van der Waals surface area contributed by atoms with Gasteiger partial charge in [-0.1, -0.05) is 12.1 Å². The number of aliphatic hydroxyl groups excluding tert-OH is 2. The highest BCUT2D eigenvalue weighted by molar-refractivity contribution is 5.87. The van der Waals surface area contributed by atoms with Gasteiger partial charge in [0.05, 0.1) is 24.9 Å². The first-order valence-electron chi connectivity index (χ1n) is 7.18. The molecular weight excluding hydrogens is 298 g/mol. The van der Waals surface area contributed by atoms with Crippen molar-refractivity contribution in [1.82, 2.24) is 4.57 Å². The molecule has 0 aliphatic rings. The number of aryl methyl sites for hydroxylation is 2. The number of nitrogens with zero attached hydrogens (tertiary/aromatic N) is 1. The van der Waals surface area contributed by atoms with Gasteiger partial charge >= 0.3 is 5.97 Å². The maximum absolute atomic E-state index is 12.4. The maximum atomic E-state index is 12.4. The molecule has 0 amide bonds. The predicted octanol–water partition coefficient (Wildman–Crippen LogP) is 1.18. The van der Waals surface area contributed by atoms with E-state index in [2.05, 4.69) is 0 Å². The first-order valence-corrected chi connectivity index (χ1v) is 7.18. The number of benzene rings is 1. The van der Waals surface area contributed by atoms with Crippen LogP contribution in [0.4, 0.5) is 0 Å². The second-order valence-electron chi connectivity index (χ2n) is 5.49. The highest BCUT2D eigenvalue weighted by Gasteiger charge is 2.17. The standard InChI is InChI=1S/C17H19NO5/c1-10-3-4-12(7-11(10)2)15-6-5-14(17(22)23)16(21)18(15)8-13(20)9-19/h3-7,13,19-20H,8-9H2,1-2H3,(H,22,23). The number of hydrogen-bond acceptors (Lipinski definition) is 4. The lowest BCUT2D eigenvalue weighted by Gasteiger charge is -2.17. The van der Waals surface area contributed by atoms with Crippen LogP contribution in [0, 0.1) is 13.8 Å². The third-order valence-corrected chi connectivity index (χ3v) is 3.81. The summed E-state index contributed by atoms with van der Waals surface area (Å²) in [6.45, 7) is 3.21. The number of rotatable bonds is 5. The van der Waals surface area contributed by atoms with E-state index in [0.29, 0.717) is 5.69 Å². The molecule has 6 nitrogen and oxygen atoms in total. The van der Waals surface area contributed by atoms with Gasteiger partial charge in [-0.05, 0) is 48.7 Å². The largest absolute Gasteiger partial charge is 0.477 e. The number of carbonyl (C=O) groups is 1. The quantitative estimate of drug-likeness (QED) is 0.769. The number of hydrogen-bond donors (Lipinski definition) is 3. The fourth-order valence-corrected chi connectivity index (χ4v) is 2.34. The zero-order valence-electron chi connectivity index (χ0n) is 13.0. The summed E-state index contributed by atoms with van der Waals surface area (Å²) in [7, 11) is 0. The number of carboxylic acid groups (broad SMARTS) is 1. The molecule has 0 aliphatic heterocycles. The van der Waals surface area contributed by atoms with E-state index in [0.717, 1.165) is 16.7 Å². The Labute approximate surface area is 133 Å². The highest BCUT2D eigenvalue weighted by atomic mass is 16.4. The molecule has 1 aromatic heterocycles. The molecule has 23 heavy (non-hydrogen) atoms. The summed E-state index contributed by atoms with van der Waals surface area (Å²) in [5, 5.41) is 27.8. The van der Waals surface area contributed by atoms with Crippen LogP contribution in [0.3, 0.4) is 0 Å². The lowest BCUT2D eigenvalue weighted by molar-refractivity contribution is 0.0688. The van der Waals surface area contributed by atoms with Gasteiger partial charge in [-0.15, -0.1) is 0 Å². The zero-order valence-corrected chi connectivity index (χ0v) is 13.0. The van der Waals surface area contributed by atoms with Crippen LogP contribution >= 0.6 is 0 Å². The molecule has 1 aromatic carbocycles. The SMILES string of the molecule is Cc1ccc(-c2ccc(C(=O)O)c(=O)n2CC(O)CO)cc1C. The lowest BCUT2D eigenvalue weighted by atomic mass is 10.0. The van der Waals surface area contributed by atoms with Crippen molar-refractivity contribution in [1.29, 1.82) is 0 Å². The molecule has 2 rings (SSSR count). The Kier molecular flexibility index (Phi) is 4.98. The zero-order chi connectivity index (χ0) is 17.1. The van der Waals surface area contributed by atoms with E-state index in [1.807, 2.05) is 32.0 Å². The van der Waals surface area contributed by atoms with Crippen LogP contribution in [0.5, 0.6) is 0 Å². The van der Waals surface area contributed by atoms with Crippen molar-refractivity contribution in [2.24, 2.45) is 0 Å². The van der Waals surface area contributed by atoms with Crippen LogP contribution in [0.15, 0.2) is 35.1 Å². The summed E-state index contributed by atoms with van der Waals surface area (Å²) in [6, 6.07) is 8.44. The molecule has 6 heteroatoms. The molecule has 1 atom stereocenters. The minimum absolute atomic E-state index is 0.182. The topological polar surface area (TPSA) is 99.8 Å². The summed E-state index contributed by atoms with van der Waals surface area (Å²) in [5.41, 5.74) is 2.29. The molecule has 1 heterocycles. The number of pyridine rings is 1.